The molecular weight excluding hydrogens is 204 g/mol. The van der Waals surface area contributed by atoms with Crippen LogP contribution in [0.2, 0.25) is 0 Å². The molecule has 0 saturated carbocycles. The Kier molecular flexibility index (Phi) is 2.90. The Morgan fingerprint density at radius 1 is 1.38 bits per heavy atom. The second-order valence-electron chi connectivity index (χ2n) is 4.01. The first kappa shape index (κ1) is 10.7. The number of carbonyl (C=O) groups is 2. The molecule has 1 aliphatic rings. The topological polar surface area (TPSA) is 58.2 Å². The summed E-state index contributed by atoms with van der Waals surface area (Å²) in [6.07, 6.45) is 1.02. The maximum absolute atomic E-state index is 11.7. The van der Waals surface area contributed by atoms with Crippen molar-refractivity contribution in [2.24, 2.45) is 0 Å². The summed E-state index contributed by atoms with van der Waals surface area (Å²) in [5, 5.41) is 5.41. The Balaban J connectivity index is 1.97. The van der Waals surface area contributed by atoms with Gasteiger partial charge in [-0.1, -0.05) is 17.7 Å². The fraction of sp³-hybridized carbons (Fsp3) is 0.333. The highest BCUT2D eigenvalue weighted by atomic mass is 16.2. The quantitative estimate of drug-likeness (QED) is 0.784. The molecule has 2 N–H and O–H groups in total. The minimum Gasteiger partial charge on any atom is -0.344 e. The van der Waals surface area contributed by atoms with E-state index in [9.17, 15) is 9.59 Å². The van der Waals surface area contributed by atoms with Crippen LogP contribution in [0.5, 0.6) is 0 Å². The second-order valence-corrected chi connectivity index (χ2v) is 4.01. The molecule has 1 atom stereocenters. The van der Waals surface area contributed by atoms with E-state index in [-0.39, 0.29) is 17.9 Å². The first-order valence-corrected chi connectivity index (χ1v) is 5.32. The molecule has 1 aliphatic heterocycles. The van der Waals surface area contributed by atoms with E-state index >= 15 is 0 Å². The third kappa shape index (κ3) is 2.39. The molecule has 4 heteroatoms. The van der Waals surface area contributed by atoms with Crippen molar-refractivity contribution in [2.75, 3.05) is 5.32 Å². The van der Waals surface area contributed by atoms with Crippen molar-refractivity contribution in [2.45, 2.75) is 25.8 Å². The zero-order valence-corrected chi connectivity index (χ0v) is 9.12. The summed E-state index contributed by atoms with van der Waals surface area (Å²) in [5.74, 6) is -0.196. The summed E-state index contributed by atoms with van der Waals surface area (Å²) >= 11 is 0. The Labute approximate surface area is 94.0 Å². The van der Waals surface area contributed by atoms with Gasteiger partial charge >= 0.3 is 0 Å². The van der Waals surface area contributed by atoms with Crippen LogP contribution < -0.4 is 10.6 Å². The minimum absolute atomic E-state index is 0.0518. The van der Waals surface area contributed by atoms with Gasteiger partial charge in [-0.25, -0.2) is 0 Å². The van der Waals surface area contributed by atoms with Gasteiger partial charge in [-0.05, 0) is 25.5 Å². The lowest BCUT2D eigenvalue weighted by molar-refractivity contribution is -0.122. The van der Waals surface area contributed by atoms with Crippen molar-refractivity contribution in [1.82, 2.24) is 5.32 Å². The number of anilines is 1. The van der Waals surface area contributed by atoms with Crippen molar-refractivity contribution in [3.05, 3.63) is 29.8 Å². The molecule has 1 saturated heterocycles. The largest absolute Gasteiger partial charge is 0.344 e. The smallest absolute Gasteiger partial charge is 0.246 e. The van der Waals surface area contributed by atoms with Crippen LogP contribution in [0.1, 0.15) is 18.4 Å². The van der Waals surface area contributed by atoms with E-state index in [4.69, 9.17) is 0 Å². The lowest BCUT2D eigenvalue weighted by Gasteiger charge is -2.10. The predicted molar refractivity (Wildman–Crippen MR) is 61.0 cm³/mol. The first-order valence-electron chi connectivity index (χ1n) is 5.32. The third-order valence-corrected chi connectivity index (χ3v) is 2.63. The summed E-state index contributed by atoms with van der Waals surface area (Å²) in [6.45, 7) is 1.99. The molecule has 1 aromatic carbocycles. The van der Waals surface area contributed by atoms with Crippen molar-refractivity contribution >= 4 is 17.5 Å². The number of aryl methyl sites for hydroxylation is 1. The van der Waals surface area contributed by atoms with Gasteiger partial charge < -0.3 is 10.6 Å². The van der Waals surface area contributed by atoms with Gasteiger partial charge in [0.05, 0.1) is 0 Å². The Bertz CT molecular complexity index is 412. The van der Waals surface area contributed by atoms with Crippen LogP contribution in [0.15, 0.2) is 24.3 Å². The monoisotopic (exact) mass is 218 g/mol. The Hall–Kier alpha value is -1.84. The van der Waals surface area contributed by atoms with E-state index in [0.29, 0.717) is 12.8 Å². The van der Waals surface area contributed by atoms with Crippen LogP contribution in [0.25, 0.3) is 0 Å². The molecule has 1 fully saturated rings. The van der Waals surface area contributed by atoms with Crippen LogP contribution >= 0.6 is 0 Å². The van der Waals surface area contributed by atoms with E-state index in [1.807, 2.05) is 31.2 Å². The van der Waals surface area contributed by atoms with E-state index in [1.165, 1.54) is 0 Å². The van der Waals surface area contributed by atoms with Crippen LogP contribution in [0.3, 0.4) is 0 Å². The van der Waals surface area contributed by atoms with Crippen LogP contribution in [0, 0.1) is 6.92 Å². The van der Waals surface area contributed by atoms with Gasteiger partial charge in [0.2, 0.25) is 11.8 Å². The van der Waals surface area contributed by atoms with Crippen molar-refractivity contribution in [1.29, 1.82) is 0 Å². The van der Waals surface area contributed by atoms with Crippen molar-refractivity contribution < 1.29 is 9.59 Å². The molecule has 1 heterocycles. The second kappa shape index (κ2) is 4.35. The first-order chi connectivity index (χ1) is 7.65. The zero-order valence-electron chi connectivity index (χ0n) is 9.12. The summed E-state index contributed by atoms with van der Waals surface area (Å²) in [4.78, 5) is 22.7. The van der Waals surface area contributed by atoms with Crippen LogP contribution in [-0.2, 0) is 9.59 Å². The number of rotatable bonds is 2. The molecule has 2 amide bonds. The number of nitrogens with one attached hydrogen (secondary N) is 2. The number of hydrogen-bond donors (Lipinski definition) is 2. The average molecular weight is 218 g/mol. The van der Waals surface area contributed by atoms with E-state index < -0.39 is 0 Å². The fourth-order valence-corrected chi connectivity index (χ4v) is 1.68. The van der Waals surface area contributed by atoms with Crippen molar-refractivity contribution in [3.63, 3.8) is 0 Å². The minimum atomic E-state index is -0.381. The maximum Gasteiger partial charge on any atom is 0.246 e. The molecule has 4 nitrogen and oxygen atoms in total. The number of hydrogen-bond acceptors (Lipinski definition) is 2. The lowest BCUT2D eigenvalue weighted by atomic mass is 10.2. The van der Waals surface area contributed by atoms with Gasteiger partial charge in [-0.15, -0.1) is 0 Å². The maximum atomic E-state index is 11.7. The summed E-state index contributed by atoms with van der Waals surface area (Å²) in [7, 11) is 0. The highest BCUT2D eigenvalue weighted by Gasteiger charge is 2.26. The van der Waals surface area contributed by atoms with Gasteiger partial charge in [0.25, 0.3) is 0 Å². The number of carbonyl (C=O) groups excluding carboxylic acids is 2. The molecular formula is C12H14N2O2. The van der Waals surface area contributed by atoms with Gasteiger partial charge in [0, 0.05) is 12.1 Å². The van der Waals surface area contributed by atoms with E-state index in [1.54, 1.807) is 0 Å². The third-order valence-electron chi connectivity index (χ3n) is 2.63. The Morgan fingerprint density at radius 3 is 2.62 bits per heavy atom. The average Bonchev–Trinajstić information content (AvgIpc) is 2.68. The normalized spacial score (nSPS) is 19.3. The summed E-state index contributed by atoms with van der Waals surface area (Å²) in [5.41, 5.74) is 1.91. The van der Waals surface area contributed by atoms with E-state index in [0.717, 1.165) is 11.3 Å². The summed E-state index contributed by atoms with van der Waals surface area (Å²) in [6, 6.07) is 7.19. The summed E-state index contributed by atoms with van der Waals surface area (Å²) < 4.78 is 0. The molecule has 16 heavy (non-hydrogen) atoms. The molecule has 2 rings (SSSR count). The zero-order chi connectivity index (χ0) is 11.5. The molecule has 0 bridgehead atoms. The molecule has 0 aliphatic carbocycles. The Morgan fingerprint density at radius 2 is 2.06 bits per heavy atom. The highest BCUT2D eigenvalue weighted by molar-refractivity contribution is 5.98. The molecule has 1 unspecified atom stereocenters. The highest BCUT2D eigenvalue weighted by Crippen LogP contribution is 2.12. The number of benzene rings is 1. The van der Waals surface area contributed by atoms with Gasteiger partial charge in [0.15, 0.2) is 0 Å². The van der Waals surface area contributed by atoms with Gasteiger partial charge in [-0.2, -0.15) is 0 Å². The standard InChI is InChI=1S/C12H14N2O2/c1-8-2-4-9(5-3-8)13-12(16)10-6-7-11(15)14-10/h2-5,10H,6-7H2,1H3,(H,13,16)(H,14,15). The number of amides is 2. The molecule has 0 spiro atoms. The fourth-order valence-electron chi connectivity index (χ4n) is 1.68. The SMILES string of the molecule is Cc1ccc(NC(=O)C2CCC(=O)N2)cc1. The molecule has 0 aromatic heterocycles. The predicted octanol–water partition coefficient (Wildman–Crippen LogP) is 1.21. The van der Waals surface area contributed by atoms with Crippen molar-refractivity contribution in [3.8, 4) is 0 Å². The van der Waals surface area contributed by atoms with Crippen LogP contribution in [0.4, 0.5) is 5.69 Å². The van der Waals surface area contributed by atoms with Gasteiger partial charge in [0.1, 0.15) is 6.04 Å². The van der Waals surface area contributed by atoms with Gasteiger partial charge in [-0.3, -0.25) is 9.59 Å². The molecule has 84 valence electrons. The van der Waals surface area contributed by atoms with Crippen LogP contribution in [-0.4, -0.2) is 17.9 Å². The molecule has 1 aromatic rings. The molecule has 0 radical (unpaired) electrons. The van der Waals surface area contributed by atoms with E-state index in [2.05, 4.69) is 10.6 Å². The lowest BCUT2D eigenvalue weighted by Crippen LogP contribution is -2.37.